The van der Waals surface area contributed by atoms with Crippen LogP contribution in [0.15, 0.2) is 15.1 Å². The van der Waals surface area contributed by atoms with E-state index in [1.165, 1.54) is 0 Å². The van der Waals surface area contributed by atoms with Crippen molar-refractivity contribution in [1.29, 1.82) is 5.26 Å². The van der Waals surface area contributed by atoms with Crippen molar-refractivity contribution >= 4 is 31.9 Å². The van der Waals surface area contributed by atoms with Crippen molar-refractivity contribution in [2.45, 2.75) is 6.43 Å². The molecule has 0 saturated carbocycles. The zero-order valence-corrected chi connectivity index (χ0v) is 9.23. The summed E-state index contributed by atoms with van der Waals surface area (Å²) >= 11 is 5.95. The molecule has 6 heteroatoms. The summed E-state index contributed by atoms with van der Waals surface area (Å²) < 4.78 is 24.9. The van der Waals surface area contributed by atoms with Crippen molar-refractivity contribution in [2.24, 2.45) is 0 Å². The SMILES string of the molecule is N#Cc1cnc(C(F)F)c(Br)c1Br. The molecule has 2 nitrogen and oxygen atoms in total. The van der Waals surface area contributed by atoms with Crippen molar-refractivity contribution < 1.29 is 8.78 Å². The van der Waals surface area contributed by atoms with Crippen LogP contribution in [0, 0.1) is 11.3 Å². The maximum Gasteiger partial charge on any atom is 0.281 e. The van der Waals surface area contributed by atoms with Gasteiger partial charge in [-0.05, 0) is 31.9 Å². The fourth-order valence-corrected chi connectivity index (χ4v) is 1.59. The lowest BCUT2D eigenvalue weighted by Crippen LogP contribution is -1.94. The van der Waals surface area contributed by atoms with E-state index < -0.39 is 6.43 Å². The van der Waals surface area contributed by atoms with Crippen LogP contribution in [0.1, 0.15) is 17.7 Å². The first kappa shape index (κ1) is 10.5. The average Bonchev–Trinajstić information content (AvgIpc) is 2.09. The second-order valence-electron chi connectivity index (χ2n) is 2.10. The molecular formula is C7H2Br2F2N2. The van der Waals surface area contributed by atoms with Crippen LogP contribution in [0.3, 0.4) is 0 Å². The van der Waals surface area contributed by atoms with E-state index in [1.807, 2.05) is 6.07 Å². The highest BCUT2D eigenvalue weighted by atomic mass is 79.9. The molecule has 1 heterocycles. The Labute approximate surface area is 89.8 Å². The quantitative estimate of drug-likeness (QED) is 0.797. The summed E-state index contributed by atoms with van der Waals surface area (Å²) in [6.07, 6.45) is -1.55. The smallest absolute Gasteiger partial charge is 0.253 e. The van der Waals surface area contributed by atoms with Gasteiger partial charge in [0.15, 0.2) is 0 Å². The number of alkyl halides is 2. The Morgan fingerprint density at radius 1 is 1.38 bits per heavy atom. The summed E-state index contributed by atoms with van der Waals surface area (Å²) in [6.45, 7) is 0. The maximum atomic E-state index is 12.2. The summed E-state index contributed by atoms with van der Waals surface area (Å²) in [5.41, 5.74) is -0.151. The highest BCUT2D eigenvalue weighted by Gasteiger charge is 2.17. The number of hydrogen-bond acceptors (Lipinski definition) is 2. The number of halogens is 4. The molecule has 0 N–H and O–H groups in total. The number of hydrogen-bond donors (Lipinski definition) is 0. The van der Waals surface area contributed by atoms with Gasteiger partial charge in [-0.15, -0.1) is 0 Å². The lowest BCUT2D eigenvalue weighted by atomic mass is 10.3. The molecule has 0 amide bonds. The van der Waals surface area contributed by atoms with E-state index in [0.717, 1.165) is 6.20 Å². The minimum Gasteiger partial charge on any atom is -0.253 e. The maximum absolute atomic E-state index is 12.2. The number of aromatic nitrogens is 1. The molecule has 0 aromatic carbocycles. The van der Waals surface area contributed by atoms with Gasteiger partial charge in [0, 0.05) is 6.20 Å². The van der Waals surface area contributed by atoms with E-state index in [4.69, 9.17) is 5.26 Å². The second-order valence-corrected chi connectivity index (χ2v) is 3.68. The van der Waals surface area contributed by atoms with Gasteiger partial charge in [0.05, 0.1) is 14.5 Å². The predicted octanol–water partition coefficient (Wildman–Crippen LogP) is 3.42. The van der Waals surface area contributed by atoms with Crippen LogP contribution in [0.25, 0.3) is 0 Å². The van der Waals surface area contributed by atoms with Gasteiger partial charge in [0.1, 0.15) is 11.8 Å². The van der Waals surface area contributed by atoms with Crippen molar-refractivity contribution in [1.82, 2.24) is 4.98 Å². The largest absolute Gasteiger partial charge is 0.281 e. The molecule has 0 aliphatic heterocycles. The lowest BCUT2D eigenvalue weighted by molar-refractivity contribution is 0.145. The number of nitrogens with zero attached hydrogens (tertiary/aromatic N) is 2. The topological polar surface area (TPSA) is 36.7 Å². The van der Waals surface area contributed by atoms with Gasteiger partial charge in [-0.25, -0.2) is 8.78 Å². The van der Waals surface area contributed by atoms with E-state index in [0.29, 0.717) is 4.47 Å². The number of nitriles is 1. The minimum absolute atomic E-state index is 0.126. The second kappa shape index (κ2) is 4.11. The molecule has 1 aromatic rings. The highest BCUT2D eigenvalue weighted by Crippen LogP contribution is 2.33. The molecule has 1 rings (SSSR count). The Morgan fingerprint density at radius 3 is 2.46 bits per heavy atom. The van der Waals surface area contributed by atoms with E-state index in [2.05, 4.69) is 36.8 Å². The Balaban J connectivity index is 3.33. The molecule has 0 unspecified atom stereocenters. The third-order valence-corrected chi connectivity index (χ3v) is 3.47. The van der Waals surface area contributed by atoms with Crippen LogP contribution in [0.5, 0.6) is 0 Å². The molecule has 0 aliphatic rings. The van der Waals surface area contributed by atoms with Gasteiger partial charge in [0.2, 0.25) is 0 Å². The fraction of sp³-hybridized carbons (Fsp3) is 0.143. The van der Waals surface area contributed by atoms with Gasteiger partial charge in [-0.3, -0.25) is 4.98 Å². The van der Waals surface area contributed by atoms with Crippen molar-refractivity contribution in [3.8, 4) is 6.07 Å². The summed E-state index contributed by atoms with van der Waals surface area (Å²) in [5.74, 6) is 0. The highest BCUT2D eigenvalue weighted by molar-refractivity contribution is 9.13. The minimum atomic E-state index is -2.65. The first-order chi connectivity index (χ1) is 6.07. The monoisotopic (exact) mass is 310 g/mol. The molecule has 68 valence electrons. The van der Waals surface area contributed by atoms with Crippen molar-refractivity contribution in [3.05, 3.63) is 26.4 Å². The van der Waals surface area contributed by atoms with Gasteiger partial charge < -0.3 is 0 Å². The molecule has 0 aliphatic carbocycles. The van der Waals surface area contributed by atoms with Crippen LogP contribution in [0.4, 0.5) is 8.78 Å². The van der Waals surface area contributed by atoms with Crippen molar-refractivity contribution in [3.63, 3.8) is 0 Å². The van der Waals surface area contributed by atoms with E-state index >= 15 is 0 Å². The van der Waals surface area contributed by atoms with Crippen LogP contribution in [-0.4, -0.2) is 4.98 Å². The molecule has 0 spiro atoms. The Morgan fingerprint density at radius 2 is 2.00 bits per heavy atom. The Kier molecular flexibility index (Phi) is 3.33. The fourth-order valence-electron chi connectivity index (χ4n) is 0.708. The zero-order chi connectivity index (χ0) is 10.0. The molecule has 0 atom stereocenters. The van der Waals surface area contributed by atoms with E-state index in [1.54, 1.807) is 0 Å². The van der Waals surface area contributed by atoms with Crippen LogP contribution >= 0.6 is 31.9 Å². The first-order valence-electron chi connectivity index (χ1n) is 3.10. The summed E-state index contributed by atoms with van der Waals surface area (Å²) in [5, 5.41) is 8.54. The number of pyridine rings is 1. The van der Waals surface area contributed by atoms with Crippen LogP contribution < -0.4 is 0 Å². The first-order valence-corrected chi connectivity index (χ1v) is 4.68. The summed E-state index contributed by atoms with van der Waals surface area (Å²) in [4.78, 5) is 3.46. The van der Waals surface area contributed by atoms with Crippen molar-refractivity contribution in [2.75, 3.05) is 0 Å². The molecule has 0 saturated heterocycles. The molecule has 0 radical (unpaired) electrons. The van der Waals surface area contributed by atoms with Gasteiger partial charge >= 0.3 is 0 Å². The van der Waals surface area contributed by atoms with Gasteiger partial charge in [-0.2, -0.15) is 5.26 Å². The predicted molar refractivity (Wildman–Crippen MR) is 49.3 cm³/mol. The standard InChI is InChI=1S/C7H2Br2F2N2/c8-4-3(1-12)2-13-6(5(4)9)7(10)11/h2,7H. The lowest BCUT2D eigenvalue weighted by Gasteiger charge is -2.04. The van der Waals surface area contributed by atoms with E-state index in [9.17, 15) is 8.78 Å². The third-order valence-electron chi connectivity index (χ3n) is 1.31. The summed E-state index contributed by atoms with van der Waals surface area (Å²) in [7, 11) is 0. The van der Waals surface area contributed by atoms with E-state index in [-0.39, 0.29) is 15.7 Å². The zero-order valence-electron chi connectivity index (χ0n) is 6.06. The third kappa shape index (κ3) is 2.03. The molecule has 0 bridgehead atoms. The normalized spacial score (nSPS) is 10.2. The molecule has 13 heavy (non-hydrogen) atoms. The van der Waals surface area contributed by atoms with Crippen LogP contribution in [0.2, 0.25) is 0 Å². The molecule has 0 fully saturated rings. The molecule has 1 aromatic heterocycles. The van der Waals surface area contributed by atoms with Gasteiger partial charge in [0.25, 0.3) is 6.43 Å². The van der Waals surface area contributed by atoms with Gasteiger partial charge in [-0.1, -0.05) is 0 Å². The Hall–Kier alpha value is -0.540. The summed E-state index contributed by atoms with van der Waals surface area (Å²) in [6, 6.07) is 1.82. The van der Waals surface area contributed by atoms with Crippen LogP contribution in [-0.2, 0) is 0 Å². The number of rotatable bonds is 1. The average molecular weight is 312 g/mol. The Bertz CT molecular complexity index is 373. The molecular weight excluding hydrogens is 310 g/mol.